The standard InChI is InChI=1S/C17H17NO3/c1-19-16-4-2-3-5-17(16)21-13-12-20-15-8-6-14(7-9-15)10-11-18/h2-9H,10,12-13H2,1H3. The number of nitriles is 1. The van der Waals surface area contributed by atoms with Crippen molar-refractivity contribution in [2.75, 3.05) is 20.3 Å². The lowest BCUT2D eigenvalue weighted by atomic mass is 10.2. The summed E-state index contributed by atoms with van der Waals surface area (Å²) in [5, 5.41) is 8.61. The van der Waals surface area contributed by atoms with Crippen LogP contribution in [0, 0.1) is 11.3 Å². The zero-order chi connectivity index (χ0) is 14.9. The van der Waals surface area contributed by atoms with Gasteiger partial charge in [0.2, 0.25) is 0 Å². The fourth-order valence-electron chi connectivity index (χ4n) is 1.84. The van der Waals surface area contributed by atoms with E-state index < -0.39 is 0 Å². The first-order valence-electron chi connectivity index (χ1n) is 6.68. The van der Waals surface area contributed by atoms with Crippen LogP contribution in [0.2, 0.25) is 0 Å². The third-order valence-corrected chi connectivity index (χ3v) is 2.89. The lowest BCUT2D eigenvalue weighted by Crippen LogP contribution is -2.09. The first-order chi connectivity index (χ1) is 10.3. The highest BCUT2D eigenvalue weighted by Gasteiger charge is 2.02. The van der Waals surface area contributed by atoms with Crippen molar-refractivity contribution in [3.05, 3.63) is 54.1 Å². The molecule has 0 atom stereocenters. The maximum atomic E-state index is 8.61. The summed E-state index contributed by atoms with van der Waals surface area (Å²) < 4.78 is 16.4. The molecule has 0 saturated heterocycles. The molecule has 4 nitrogen and oxygen atoms in total. The van der Waals surface area contributed by atoms with Gasteiger partial charge in [0, 0.05) is 0 Å². The molecule has 2 aromatic carbocycles. The second-order valence-corrected chi connectivity index (χ2v) is 4.33. The zero-order valence-corrected chi connectivity index (χ0v) is 11.9. The number of hydrogen-bond donors (Lipinski definition) is 0. The first-order valence-corrected chi connectivity index (χ1v) is 6.68. The molecule has 0 amide bonds. The summed E-state index contributed by atoms with van der Waals surface area (Å²) in [4.78, 5) is 0. The fourth-order valence-corrected chi connectivity index (χ4v) is 1.84. The second kappa shape index (κ2) is 7.81. The largest absolute Gasteiger partial charge is 0.493 e. The maximum Gasteiger partial charge on any atom is 0.161 e. The molecule has 0 unspecified atom stereocenters. The number of para-hydroxylation sites is 2. The van der Waals surface area contributed by atoms with Gasteiger partial charge >= 0.3 is 0 Å². The van der Waals surface area contributed by atoms with Crippen molar-refractivity contribution in [3.63, 3.8) is 0 Å². The van der Waals surface area contributed by atoms with Gasteiger partial charge < -0.3 is 14.2 Å². The average molecular weight is 283 g/mol. The highest BCUT2D eigenvalue weighted by atomic mass is 16.5. The van der Waals surface area contributed by atoms with Crippen molar-refractivity contribution in [2.45, 2.75) is 6.42 Å². The first kappa shape index (κ1) is 14.7. The van der Waals surface area contributed by atoms with Gasteiger partial charge in [-0.2, -0.15) is 5.26 Å². The van der Waals surface area contributed by atoms with Gasteiger partial charge in [-0.05, 0) is 29.8 Å². The van der Waals surface area contributed by atoms with Crippen LogP contribution in [-0.4, -0.2) is 20.3 Å². The summed E-state index contributed by atoms with van der Waals surface area (Å²) in [6.45, 7) is 0.871. The molecule has 0 saturated carbocycles. The third kappa shape index (κ3) is 4.43. The molecule has 0 aromatic heterocycles. The van der Waals surface area contributed by atoms with E-state index in [1.807, 2.05) is 48.5 Å². The second-order valence-electron chi connectivity index (χ2n) is 4.33. The molecule has 0 bridgehead atoms. The number of rotatable bonds is 7. The SMILES string of the molecule is COc1ccccc1OCCOc1ccc(CC#N)cc1. The molecule has 0 fully saturated rings. The molecule has 0 aliphatic rings. The van der Waals surface area contributed by atoms with Crippen LogP contribution in [0.25, 0.3) is 0 Å². The summed E-state index contributed by atoms with van der Waals surface area (Å²) in [6.07, 6.45) is 0.414. The monoisotopic (exact) mass is 283 g/mol. The lowest BCUT2D eigenvalue weighted by Gasteiger charge is -2.11. The average Bonchev–Trinajstić information content (AvgIpc) is 2.54. The Morgan fingerprint density at radius 2 is 1.57 bits per heavy atom. The Balaban J connectivity index is 1.78. The van der Waals surface area contributed by atoms with Gasteiger partial charge in [-0.1, -0.05) is 24.3 Å². The predicted octanol–water partition coefficient (Wildman–Crippen LogP) is 3.22. The Hall–Kier alpha value is -2.67. The minimum Gasteiger partial charge on any atom is -0.493 e. The molecule has 108 valence electrons. The van der Waals surface area contributed by atoms with Gasteiger partial charge in [0.1, 0.15) is 19.0 Å². The summed E-state index contributed by atoms with van der Waals surface area (Å²) in [5.74, 6) is 2.17. The number of benzene rings is 2. The van der Waals surface area contributed by atoms with Crippen molar-refractivity contribution in [1.29, 1.82) is 5.26 Å². The molecule has 0 spiro atoms. The number of methoxy groups -OCH3 is 1. The maximum absolute atomic E-state index is 8.61. The molecular weight excluding hydrogens is 266 g/mol. The predicted molar refractivity (Wildman–Crippen MR) is 79.7 cm³/mol. The van der Waals surface area contributed by atoms with Crippen molar-refractivity contribution < 1.29 is 14.2 Å². The number of ether oxygens (including phenoxy) is 3. The van der Waals surface area contributed by atoms with E-state index in [9.17, 15) is 0 Å². The van der Waals surface area contributed by atoms with Gasteiger partial charge in [0.05, 0.1) is 19.6 Å². The van der Waals surface area contributed by atoms with Crippen LogP contribution in [0.3, 0.4) is 0 Å². The van der Waals surface area contributed by atoms with Crippen LogP contribution in [0.15, 0.2) is 48.5 Å². The zero-order valence-electron chi connectivity index (χ0n) is 11.9. The van der Waals surface area contributed by atoms with Crippen LogP contribution in [0.5, 0.6) is 17.2 Å². The van der Waals surface area contributed by atoms with Crippen molar-refractivity contribution in [1.82, 2.24) is 0 Å². The van der Waals surface area contributed by atoms with Crippen molar-refractivity contribution >= 4 is 0 Å². The Morgan fingerprint density at radius 3 is 2.24 bits per heavy atom. The molecule has 4 heteroatoms. The van der Waals surface area contributed by atoms with E-state index in [4.69, 9.17) is 19.5 Å². The van der Waals surface area contributed by atoms with E-state index in [1.54, 1.807) is 7.11 Å². The quantitative estimate of drug-likeness (QED) is 0.732. The molecule has 21 heavy (non-hydrogen) atoms. The summed E-state index contributed by atoms with van der Waals surface area (Å²) in [7, 11) is 1.61. The van der Waals surface area contributed by atoms with Gasteiger partial charge in [-0.25, -0.2) is 0 Å². The Bertz CT molecular complexity index is 602. The van der Waals surface area contributed by atoms with Crippen LogP contribution >= 0.6 is 0 Å². The third-order valence-electron chi connectivity index (χ3n) is 2.89. The minimum absolute atomic E-state index is 0.414. The Morgan fingerprint density at radius 1 is 0.905 bits per heavy atom. The van der Waals surface area contributed by atoms with Gasteiger partial charge in [-0.15, -0.1) is 0 Å². The van der Waals surface area contributed by atoms with Gasteiger partial charge in [0.25, 0.3) is 0 Å². The normalized spacial score (nSPS) is 9.71. The van der Waals surface area contributed by atoms with E-state index in [0.29, 0.717) is 31.1 Å². The van der Waals surface area contributed by atoms with Crippen molar-refractivity contribution in [2.24, 2.45) is 0 Å². The summed E-state index contributed by atoms with van der Waals surface area (Å²) in [6, 6.07) is 17.1. The smallest absolute Gasteiger partial charge is 0.161 e. The molecule has 0 N–H and O–H groups in total. The molecule has 2 aromatic rings. The van der Waals surface area contributed by atoms with Gasteiger partial charge in [0.15, 0.2) is 11.5 Å². The van der Waals surface area contributed by atoms with E-state index in [-0.39, 0.29) is 0 Å². The summed E-state index contributed by atoms with van der Waals surface area (Å²) >= 11 is 0. The van der Waals surface area contributed by atoms with E-state index in [0.717, 1.165) is 11.3 Å². The summed E-state index contributed by atoms with van der Waals surface area (Å²) in [5.41, 5.74) is 0.982. The van der Waals surface area contributed by atoms with E-state index >= 15 is 0 Å². The highest BCUT2D eigenvalue weighted by molar-refractivity contribution is 5.39. The molecule has 0 aliphatic heterocycles. The molecular formula is C17H17NO3. The van der Waals surface area contributed by atoms with Crippen LogP contribution in [-0.2, 0) is 6.42 Å². The van der Waals surface area contributed by atoms with Crippen molar-refractivity contribution in [3.8, 4) is 23.3 Å². The fraction of sp³-hybridized carbons (Fsp3) is 0.235. The number of hydrogen-bond acceptors (Lipinski definition) is 4. The Labute approximate surface area is 124 Å². The lowest BCUT2D eigenvalue weighted by molar-refractivity contribution is 0.211. The van der Waals surface area contributed by atoms with Crippen LogP contribution in [0.1, 0.15) is 5.56 Å². The highest BCUT2D eigenvalue weighted by Crippen LogP contribution is 2.25. The topological polar surface area (TPSA) is 51.5 Å². The van der Waals surface area contributed by atoms with Crippen LogP contribution in [0.4, 0.5) is 0 Å². The van der Waals surface area contributed by atoms with Gasteiger partial charge in [-0.3, -0.25) is 0 Å². The molecule has 0 heterocycles. The molecule has 0 aliphatic carbocycles. The molecule has 2 rings (SSSR count). The molecule has 0 radical (unpaired) electrons. The van der Waals surface area contributed by atoms with E-state index in [2.05, 4.69) is 6.07 Å². The Kier molecular flexibility index (Phi) is 5.48. The minimum atomic E-state index is 0.414. The van der Waals surface area contributed by atoms with Crippen LogP contribution < -0.4 is 14.2 Å². The van der Waals surface area contributed by atoms with E-state index in [1.165, 1.54) is 0 Å². The number of nitrogens with zero attached hydrogens (tertiary/aromatic N) is 1.